The van der Waals surface area contributed by atoms with Gasteiger partial charge in [-0.2, -0.15) is 18.3 Å². The summed E-state index contributed by atoms with van der Waals surface area (Å²) in [6.07, 6.45) is 2.44. The van der Waals surface area contributed by atoms with Gasteiger partial charge in [-0.1, -0.05) is 39.5 Å². The third-order valence-corrected chi connectivity index (χ3v) is 3.39. The van der Waals surface area contributed by atoms with Gasteiger partial charge in [0.05, 0.1) is 13.2 Å². The first-order valence-electron chi connectivity index (χ1n) is 10.3. The SMILES string of the molecule is C=C(C)N[C@@H](CC)C(C)=O.CC.COc1cccnc1N.[B].[CH2-]C.[CH2-]C(C)=O.[Y].c1ccsc1. The van der Waals surface area contributed by atoms with E-state index in [2.05, 4.69) is 30.7 Å². The predicted octanol–water partition coefficient (Wildman–Crippen LogP) is 5.79. The number of Topliss-reactive ketones (excluding diaryl/α,β-unsaturated/α-hetero) is 2. The number of nitrogens with one attached hydrogen (secondary N) is 1. The number of rotatable bonds is 5. The Labute approximate surface area is 240 Å². The molecule has 0 aromatic carbocycles. The molecule has 2 aromatic heterocycles. The zero-order chi connectivity index (χ0) is 25.9. The van der Waals surface area contributed by atoms with E-state index in [1.807, 2.05) is 50.6 Å². The fourth-order valence-corrected chi connectivity index (χ4v) is 2.04. The summed E-state index contributed by atoms with van der Waals surface area (Å²) in [5.41, 5.74) is 6.24. The number of nitrogens with two attached hydrogens (primary N) is 1. The number of hydrogen-bond acceptors (Lipinski definition) is 7. The number of aromatic nitrogens is 1. The number of pyridine rings is 1. The van der Waals surface area contributed by atoms with Crippen LogP contribution in [-0.2, 0) is 42.3 Å². The van der Waals surface area contributed by atoms with Crippen LogP contribution in [-0.4, -0.2) is 38.1 Å². The van der Waals surface area contributed by atoms with Gasteiger partial charge in [0.1, 0.15) is 0 Å². The Kier molecular flexibility index (Phi) is 48.4. The summed E-state index contributed by atoms with van der Waals surface area (Å²) in [6.45, 7) is 22.5. The molecule has 0 aliphatic rings. The number of allylic oxidation sites excluding steroid dienone is 1. The fourth-order valence-electron chi connectivity index (χ4n) is 1.59. The number of carbonyl (C=O) groups is 2. The quantitative estimate of drug-likeness (QED) is 0.352. The summed E-state index contributed by atoms with van der Waals surface area (Å²) in [5, 5.41) is 7.07. The molecule has 0 fully saturated rings. The molecule has 0 saturated heterocycles. The number of nitrogen functional groups attached to an aromatic ring is 1. The van der Waals surface area contributed by atoms with Crippen molar-refractivity contribution in [2.24, 2.45) is 0 Å². The molecule has 0 spiro atoms. The fraction of sp³-hybridized carbons (Fsp3) is 0.400. The van der Waals surface area contributed by atoms with Gasteiger partial charge >= 0.3 is 0 Å². The van der Waals surface area contributed by atoms with Crippen LogP contribution in [0.25, 0.3) is 0 Å². The third-order valence-electron chi connectivity index (χ3n) is 2.76. The molecule has 34 heavy (non-hydrogen) atoms. The maximum absolute atomic E-state index is 10.8. The van der Waals surface area contributed by atoms with Crippen LogP contribution in [0.5, 0.6) is 5.75 Å². The maximum atomic E-state index is 10.8. The van der Waals surface area contributed by atoms with Gasteiger partial charge < -0.3 is 34.4 Å². The second-order valence-electron chi connectivity index (χ2n) is 5.58. The van der Waals surface area contributed by atoms with Crippen LogP contribution in [0, 0.1) is 13.8 Å². The Bertz CT molecular complexity index is 667. The van der Waals surface area contributed by atoms with Crippen molar-refractivity contribution in [2.45, 2.75) is 60.9 Å². The van der Waals surface area contributed by atoms with Crippen LogP contribution in [0.15, 0.2) is 53.5 Å². The molecule has 1 atom stereocenters. The molecule has 3 N–H and O–H groups in total. The van der Waals surface area contributed by atoms with E-state index >= 15 is 0 Å². The molecular weight excluding hydrogens is 522 g/mol. The standard InChI is InChI=1S/C8H15NO.C6H8N2O.C4H4S.C3H5O.C2H6.C2H5.B.Y/c1-5-8(7(4)10)9-6(2)3;1-9-5-3-2-4-8-6(5)7;1-2-4-5-3-1;1-3(2)4;2*1-2;;/h8-9H,2,5H2,1,3-4H3;2-4H,1H3,(H2,7,8);1-4H;1H2,2H3;1-2H3;1H2,2H3;;/q;;;-1;;-1;;/t8-;;;;;;;/m0......./s1. The topological polar surface area (TPSA) is 94.3 Å². The van der Waals surface area contributed by atoms with E-state index in [-0.39, 0.29) is 58.7 Å². The first kappa shape index (κ1) is 45.8. The van der Waals surface area contributed by atoms with Gasteiger partial charge in [0.2, 0.25) is 0 Å². The van der Waals surface area contributed by atoms with E-state index in [1.54, 1.807) is 50.6 Å². The largest absolute Gasteiger partial charge is 0.493 e. The first-order valence-corrected chi connectivity index (χ1v) is 11.3. The van der Waals surface area contributed by atoms with Gasteiger partial charge in [0.25, 0.3) is 0 Å². The molecule has 2 heterocycles. The molecule has 0 amide bonds. The van der Waals surface area contributed by atoms with Crippen molar-refractivity contribution in [1.82, 2.24) is 10.3 Å². The molecule has 0 aliphatic carbocycles. The van der Waals surface area contributed by atoms with Gasteiger partial charge in [0.15, 0.2) is 17.4 Å². The third kappa shape index (κ3) is 37.7. The van der Waals surface area contributed by atoms with Crippen LogP contribution < -0.4 is 15.8 Å². The minimum Gasteiger partial charge on any atom is -0.493 e. The Morgan fingerprint density at radius 2 is 1.62 bits per heavy atom. The number of ketones is 2. The minimum atomic E-state index is -0.0833. The average Bonchev–Trinajstić information content (AvgIpc) is 3.35. The number of methoxy groups -OCH3 is 1. The van der Waals surface area contributed by atoms with E-state index < -0.39 is 0 Å². The molecule has 6 nitrogen and oxygen atoms in total. The Balaban J connectivity index is -0.0000000749. The van der Waals surface area contributed by atoms with E-state index in [1.165, 1.54) is 6.92 Å². The summed E-state index contributed by atoms with van der Waals surface area (Å²) < 4.78 is 4.86. The van der Waals surface area contributed by atoms with E-state index in [4.69, 9.17) is 10.5 Å². The summed E-state index contributed by atoms with van der Waals surface area (Å²) in [6, 6.07) is 7.53. The van der Waals surface area contributed by atoms with Crippen molar-refractivity contribution in [2.75, 3.05) is 12.8 Å². The second-order valence-corrected chi connectivity index (χ2v) is 6.40. The monoisotopic (exact) mass is 565 g/mol. The normalized spacial score (nSPS) is 8.26. The zero-order valence-electron chi connectivity index (χ0n) is 22.3. The zero-order valence-corrected chi connectivity index (χ0v) is 25.9. The van der Waals surface area contributed by atoms with Crippen molar-refractivity contribution in [1.29, 1.82) is 0 Å². The van der Waals surface area contributed by atoms with Gasteiger partial charge in [-0.25, -0.2) is 4.98 Å². The Hall–Kier alpha value is -1.63. The number of hydrogen-bond donors (Lipinski definition) is 2. The Morgan fingerprint density at radius 3 is 1.79 bits per heavy atom. The molecule has 2 rings (SSSR count). The summed E-state index contributed by atoms with van der Waals surface area (Å²) >= 11 is 1.71. The van der Waals surface area contributed by atoms with Crippen LogP contribution in [0.1, 0.15) is 54.9 Å². The number of nitrogens with zero attached hydrogens (tertiary/aromatic N) is 1. The molecule has 9 heteroatoms. The predicted molar refractivity (Wildman–Crippen MR) is 146 cm³/mol. The molecule has 0 unspecified atom stereocenters. The average molecular weight is 565 g/mol. The van der Waals surface area contributed by atoms with Crippen LogP contribution in [0.3, 0.4) is 0 Å². The van der Waals surface area contributed by atoms with Crippen molar-refractivity contribution in [3.8, 4) is 5.75 Å². The number of carbonyl (C=O) groups excluding carboxylic acids is 2. The van der Waals surface area contributed by atoms with Crippen molar-refractivity contribution >= 4 is 37.1 Å². The maximum Gasteiger partial charge on any atom is 0.166 e. The van der Waals surface area contributed by atoms with Crippen molar-refractivity contribution in [3.05, 3.63) is 67.3 Å². The van der Waals surface area contributed by atoms with Crippen LogP contribution >= 0.6 is 11.3 Å². The molecule has 190 valence electrons. The van der Waals surface area contributed by atoms with Crippen LogP contribution in [0.2, 0.25) is 0 Å². The van der Waals surface area contributed by atoms with Crippen LogP contribution in [0.4, 0.5) is 5.82 Å². The van der Waals surface area contributed by atoms with Crippen molar-refractivity contribution < 1.29 is 47.0 Å². The van der Waals surface area contributed by atoms with Gasteiger partial charge in [-0.3, -0.25) is 4.79 Å². The smallest absolute Gasteiger partial charge is 0.166 e. The number of ether oxygens (including phenoxy) is 1. The summed E-state index contributed by atoms with van der Waals surface area (Å²) in [7, 11) is 1.56. The number of anilines is 1. The van der Waals surface area contributed by atoms with E-state index in [0.29, 0.717) is 11.6 Å². The number of thiophene rings is 1. The first-order chi connectivity index (χ1) is 15.1. The molecule has 0 saturated carbocycles. The van der Waals surface area contributed by atoms with Gasteiger partial charge in [-0.15, -0.1) is 0 Å². The van der Waals surface area contributed by atoms with Gasteiger partial charge in [0, 0.05) is 53.0 Å². The molecule has 0 aliphatic heterocycles. The van der Waals surface area contributed by atoms with Crippen molar-refractivity contribution in [3.63, 3.8) is 0 Å². The minimum absolute atomic E-state index is 0. The molecular formula is C25H43BN3O3SY-2. The van der Waals surface area contributed by atoms with E-state index in [0.717, 1.165) is 12.1 Å². The molecule has 4 radical (unpaired) electrons. The summed E-state index contributed by atoms with van der Waals surface area (Å²) in [4.78, 5) is 23.9. The second kappa shape index (κ2) is 35.9. The summed E-state index contributed by atoms with van der Waals surface area (Å²) in [5.74, 6) is 1.14. The molecule has 2 aromatic rings. The van der Waals surface area contributed by atoms with Gasteiger partial charge in [-0.05, 0) is 55.9 Å². The Morgan fingerprint density at radius 1 is 1.18 bits per heavy atom. The molecule has 0 bridgehead atoms. The van der Waals surface area contributed by atoms with E-state index in [9.17, 15) is 9.59 Å².